The lowest BCUT2D eigenvalue weighted by Crippen LogP contribution is -2.38. The number of para-hydroxylation sites is 2. The fraction of sp³-hybridized carbons (Fsp3) is 0.174. The number of anilines is 2. The van der Waals surface area contributed by atoms with E-state index in [1.807, 2.05) is 0 Å². The third-order valence-electron chi connectivity index (χ3n) is 4.76. The van der Waals surface area contributed by atoms with E-state index in [-0.39, 0.29) is 22.0 Å². The molecule has 3 rings (SSSR count). The van der Waals surface area contributed by atoms with E-state index < -0.39 is 34.2 Å². The average molecular weight is 494 g/mol. The fourth-order valence-electron chi connectivity index (χ4n) is 3.11. The van der Waals surface area contributed by atoms with E-state index in [0.717, 1.165) is 22.5 Å². The van der Waals surface area contributed by atoms with Gasteiger partial charge in [0.25, 0.3) is 10.0 Å². The van der Waals surface area contributed by atoms with Crippen LogP contribution in [-0.2, 0) is 21.0 Å². The summed E-state index contributed by atoms with van der Waals surface area (Å²) in [5.41, 5.74) is -0.987. The summed E-state index contributed by atoms with van der Waals surface area (Å²) in [5, 5.41) is 2.33. The number of alkyl halides is 3. The molecule has 0 aromatic heterocycles. The molecule has 3 aromatic carbocycles. The first-order chi connectivity index (χ1) is 16.1. The minimum absolute atomic E-state index is 0.0833. The van der Waals surface area contributed by atoms with Crippen LogP contribution in [0.4, 0.5) is 24.5 Å². The van der Waals surface area contributed by atoms with Gasteiger partial charge in [0.05, 0.1) is 30.4 Å². The maximum absolute atomic E-state index is 13.5. The first-order valence-electron chi connectivity index (χ1n) is 9.83. The van der Waals surface area contributed by atoms with Gasteiger partial charge in [-0.3, -0.25) is 9.10 Å². The van der Waals surface area contributed by atoms with Crippen molar-refractivity contribution >= 4 is 27.3 Å². The number of nitrogens with one attached hydrogen (secondary N) is 1. The van der Waals surface area contributed by atoms with Crippen molar-refractivity contribution in [3.63, 3.8) is 0 Å². The van der Waals surface area contributed by atoms with E-state index in [2.05, 4.69) is 5.32 Å². The van der Waals surface area contributed by atoms with Gasteiger partial charge in [0.2, 0.25) is 5.91 Å². The number of benzene rings is 3. The quantitative estimate of drug-likeness (QED) is 0.497. The van der Waals surface area contributed by atoms with E-state index in [0.29, 0.717) is 5.75 Å². The van der Waals surface area contributed by atoms with E-state index in [1.165, 1.54) is 56.7 Å². The SMILES string of the molecule is COc1ccc(S(=O)(=O)N(CC(=O)Nc2cccc(C(F)(F)F)c2)c2ccccc2OC)cc1. The number of ether oxygens (including phenoxy) is 2. The lowest BCUT2D eigenvalue weighted by atomic mass is 10.2. The van der Waals surface area contributed by atoms with Crippen molar-refractivity contribution in [3.05, 3.63) is 78.4 Å². The van der Waals surface area contributed by atoms with Crippen LogP contribution in [0.25, 0.3) is 0 Å². The van der Waals surface area contributed by atoms with Crippen molar-refractivity contribution in [2.45, 2.75) is 11.1 Å². The molecule has 7 nitrogen and oxygen atoms in total. The zero-order valence-electron chi connectivity index (χ0n) is 18.2. The summed E-state index contributed by atoms with van der Waals surface area (Å²) >= 11 is 0. The smallest absolute Gasteiger partial charge is 0.416 e. The Morgan fingerprint density at radius 1 is 0.941 bits per heavy atom. The molecule has 1 amide bonds. The van der Waals surface area contributed by atoms with Crippen LogP contribution in [0.5, 0.6) is 11.5 Å². The van der Waals surface area contributed by atoms with Crippen LogP contribution >= 0.6 is 0 Å². The van der Waals surface area contributed by atoms with E-state index in [4.69, 9.17) is 9.47 Å². The number of methoxy groups -OCH3 is 2. The van der Waals surface area contributed by atoms with Crippen molar-refractivity contribution < 1.29 is 35.9 Å². The van der Waals surface area contributed by atoms with Crippen LogP contribution in [0.3, 0.4) is 0 Å². The number of carbonyl (C=O) groups is 1. The number of amides is 1. The standard InChI is InChI=1S/C23H21F3N2O5S/c1-32-18-10-12-19(13-11-18)34(30,31)28(20-8-3-4-9-21(20)33-2)15-22(29)27-17-7-5-6-16(14-17)23(24,25)26/h3-14H,15H2,1-2H3,(H,27,29). The van der Waals surface area contributed by atoms with Crippen LogP contribution in [0.15, 0.2) is 77.7 Å². The van der Waals surface area contributed by atoms with Crippen molar-refractivity contribution in [2.75, 3.05) is 30.4 Å². The van der Waals surface area contributed by atoms with Gasteiger partial charge in [0.15, 0.2) is 0 Å². The van der Waals surface area contributed by atoms with Gasteiger partial charge < -0.3 is 14.8 Å². The molecule has 180 valence electrons. The zero-order valence-corrected chi connectivity index (χ0v) is 19.0. The number of nitrogens with zero attached hydrogens (tertiary/aromatic N) is 1. The van der Waals surface area contributed by atoms with Crippen molar-refractivity contribution in [1.82, 2.24) is 0 Å². The summed E-state index contributed by atoms with van der Waals surface area (Å²) in [7, 11) is -1.49. The third-order valence-corrected chi connectivity index (χ3v) is 6.54. The maximum atomic E-state index is 13.5. The highest BCUT2D eigenvalue weighted by Gasteiger charge is 2.31. The Morgan fingerprint density at radius 2 is 1.62 bits per heavy atom. The molecule has 0 heterocycles. The monoisotopic (exact) mass is 494 g/mol. The summed E-state index contributed by atoms with van der Waals surface area (Å²) in [6, 6.07) is 15.8. The van der Waals surface area contributed by atoms with Crippen LogP contribution in [0.1, 0.15) is 5.56 Å². The van der Waals surface area contributed by atoms with E-state index in [9.17, 15) is 26.4 Å². The van der Waals surface area contributed by atoms with Gasteiger partial charge in [0, 0.05) is 5.69 Å². The highest BCUT2D eigenvalue weighted by molar-refractivity contribution is 7.92. The second-order valence-electron chi connectivity index (χ2n) is 6.99. The topological polar surface area (TPSA) is 84.9 Å². The van der Waals surface area contributed by atoms with Gasteiger partial charge in [-0.2, -0.15) is 13.2 Å². The number of sulfonamides is 1. The molecule has 0 atom stereocenters. The van der Waals surface area contributed by atoms with E-state index in [1.54, 1.807) is 12.1 Å². The molecular weight excluding hydrogens is 473 g/mol. The first kappa shape index (κ1) is 24.9. The Kier molecular flexibility index (Phi) is 7.35. The van der Waals surface area contributed by atoms with Crippen LogP contribution in [0.2, 0.25) is 0 Å². The predicted molar refractivity (Wildman–Crippen MR) is 121 cm³/mol. The Bertz CT molecular complexity index is 1260. The highest BCUT2D eigenvalue weighted by Crippen LogP contribution is 2.33. The van der Waals surface area contributed by atoms with E-state index >= 15 is 0 Å². The molecule has 0 aliphatic carbocycles. The molecule has 34 heavy (non-hydrogen) atoms. The lowest BCUT2D eigenvalue weighted by Gasteiger charge is -2.25. The summed E-state index contributed by atoms with van der Waals surface area (Å²) in [6.07, 6.45) is -4.60. The normalized spacial score (nSPS) is 11.6. The molecule has 0 spiro atoms. The fourth-order valence-corrected chi connectivity index (χ4v) is 4.55. The number of carbonyl (C=O) groups excluding carboxylic acids is 1. The molecular formula is C23H21F3N2O5S. The minimum atomic E-state index is -4.60. The zero-order chi connectivity index (χ0) is 24.9. The van der Waals surface area contributed by atoms with Gasteiger partial charge in [-0.1, -0.05) is 18.2 Å². The summed E-state index contributed by atoms with van der Waals surface area (Å²) in [6.45, 7) is -0.717. The average Bonchev–Trinajstić information content (AvgIpc) is 2.82. The van der Waals surface area contributed by atoms with Gasteiger partial charge in [-0.05, 0) is 54.6 Å². The van der Waals surface area contributed by atoms with Crippen LogP contribution < -0.4 is 19.1 Å². The summed E-state index contributed by atoms with van der Waals surface area (Å²) in [5.74, 6) is -0.223. The van der Waals surface area contributed by atoms with Gasteiger partial charge in [-0.25, -0.2) is 8.42 Å². The van der Waals surface area contributed by atoms with Crippen molar-refractivity contribution in [3.8, 4) is 11.5 Å². The molecule has 0 bridgehead atoms. The largest absolute Gasteiger partial charge is 0.497 e. The number of rotatable bonds is 8. The molecule has 0 radical (unpaired) electrons. The third kappa shape index (κ3) is 5.60. The number of hydrogen-bond donors (Lipinski definition) is 1. The molecule has 0 fully saturated rings. The molecule has 1 N–H and O–H groups in total. The van der Waals surface area contributed by atoms with Gasteiger partial charge in [0.1, 0.15) is 18.0 Å². The molecule has 3 aromatic rings. The Morgan fingerprint density at radius 3 is 2.24 bits per heavy atom. The molecule has 11 heteroatoms. The second kappa shape index (κ2) is 10.0. The molecule has 0 unspecified atom stereocenters. The molecule has 0 aliphatic rings. The first-order valence-corrected chi connectivity index (χ1v) is 11.3. The number of hydrogen-bond acceptors (Lipinski definition) is 5. The highest BCUT2D eigenvalue weighted by atomic mass is 32.2. The Balaban J connectivity index is 1.97. The molecule has 0 saturated heterocycles. The molecule has 0 saturated carbocycles. The van der Waals surface area contributed by atoms with Gasteiger partial charge >= 0.3 is 6.18 Å². The van der Waals surface area contributed by atoms with Crippen LogP contribution in [0, 0.1) is 0 Å². The number of halogens is 3. The van der Waals surface area contributed by atoms with Crippen molar-refractivity contribution in [2.24, 2.45) is 0 Å². The summed E-state index contributed by atoms with van der Waals surface area (Å²) in [4.78, 5) is 12.7. The second-order valence-corrected chi connectivity index (χ2v) is 8.85. The Hall–Kier alpha value is -3.73. The summed E-state index contributed by atoms with van der Waals surface area (Å²) < 4.78 is 77.1. The predicted octanol–water partition coefficient (Wildman–Crippen LogP) is 4.56. The Labute approximate surface area is 194 Å². The molecule has 0 aliphatic heterocycles. The maximum Gasteiger partial charge on any atom is 0.416 e. The lowest BCUT2D eigenvalue weighted by molar-refractivity contribution is -0.137. The van der Waals surface area contributed by atoms with Gasteiger partial charge in [-0.15, -0.1) is 0 Å². The van der Waals surface area contributed by atoms with Crippen molar-refractivity contribution in [1.29, 1.82) is 0 Å². The van der Waals surface area contributed by atoms with Crippen LogP contribution in [-0.4, -0.2) is 35.1 Å². The minimum Gasteiger partial charge on any atom is -0.497 e.